The summed E-state index contributed by atoms with van der Waals surface area (Å²) in [6, 6.07) is 9.54. The molecule has 1 heterocycles. The maximum Gasteiger partial charge on any atom is 0.347 e. The highest BCUT2D eigenvalue weighted by Crippen LogP contribution is 2.20. The van der Waals surface area contributed by atoms with E-state index in [2.05, 4.69) is 5.10 Å². The minimum atomic E-state index is -1.40. The molecule has 1 N–H and O–H groups in total. The molecule has 3 aromatic rings. The summed E-state index contributed by atoms with van der Waals surface area (Å²) in [5, 5.41) is 13.2. The molecule has 162 valence electrons. The molecule has 0 aliphatic heterocycles. The Hall–Kier alpha value is -3.75. The summed E-state index contributed by atoms with van der Waals surface area (Å²) in [4.78, 5) is 23.3. The second-order valence-corrected chi connectivity index (χ2v) is 7.31. The number of ether oxygens (including phenoxy) is 2. The van der Waals surface area contributed by atoms with Crippen LogP contribution in [0.4, 0.5) is 8.78 Å². The predicted octanol–water partition coefficient (Wildman–Crippen LogP) is 3.81. The Labute approximate surface area is 176 Å². The Bertz CT molecular complexity index is 1090. The molecule has 0 saturated heterocycles. The second kappa shape index (κ2) is 8.95. The van der Waals surface area contributed by atoms with Crippen LogP contribution < -0.4 is 4.74 Å². The van der Waals surface area contributed by atoms with Gasteiger partial charge in [-0.25, -0.2) is 18.4 Å². The molecule has 7 nitrogen and oxygen atoms in total. The van der Waals surface area contributed by atoms with E-state index in [0.717, 1.165) is 12.1 Å². The molecular formula is C22H20F2N2O5. The molecule has 3 rings (SSSR count). The Kier molecular flexibility index (Phi) is 6.33. The van der Waals surface area contributed by atoms with E-state index >= 15 is 0 Å². The molecule has 0 radical (unpaired) electrons. The number of aromatic nitrogens is 2. The third-order valence-corrected chi connectivity index (χ3v) is 4.36. The van der Waals surface area contributed by atoms with Crippen LogP contribution in [-0.2, 0) is 22.7 Å². The van der Waals surface area contributed by atoms with Crippen molar-refractivity contribution in [2.75, 3.05) is 0 Å². The van der Waals surface area contributed by atoms with Crippen molar-refractivity contribution in [1.82, 2.24) is 9.78 Å². The molecule has 0 bridgehead atoms. The van der Waals surface area contributed by atoms with Crippen molar-refractivity contribution in [3.05, 3.63) is 83.2 Å². The maximum absolute atomic E-state index is 13.3. The summed E-state index contributed by atoms with van der Waals surface area (Å²) in [5.74, 6) is -3.22. The number of hydrogen-bond donors (Lipinski definition) is 1. The van der Waals surface area contributed by atoms with Crippen molar-refractivity contribution in [2.45, 2.75) is 32.6 Å². The number of benzene rings is 2. The molecule has 0 aliphatic carbocycles. The van der Waals surface area contributed by atoms with Gasteiger partial charge in [0, 0.05) is 11.8 Å². The Morgan fingerprint density at radius 1 is 1.06 bits per heavy atom. The molecule has 0 amide bonds. The number of carboxylic acid groups (broad SMARTS) is 1. The smallest absolute Gasteiger partial charge is 0.347 e. The standard InChI is InChI=1S/C22H20F2N2O5/c1-22(2,21(28)29)31-17-6-4-16(5-7-17)20(27)30-13-15-10-25-26(12-15)11-14-3-8-18(23)19(24)9-14/h3-10,12H,11,13H2,1-2H3,(H,28,29). The van der Waals surface area contributed by atoms with E-state index in [9.17, 15) is 18.4 Å². The molecular weight excluding hydrogens is 410 g/mol. The first-order valence-electron chi connectivity index (χ1n) is 9.29. The van der Waals surface area contributed by atoms with Gasteiger partial charge in [0.05, 0.1) is 18.3 Å². The number of aliphatic carboxylic acids is 1. The normalized spacial score (nSPS) is 11.2. The average molecular weight is 430 g/mol. The number of carbonyl (C=O) groups is 2. The van der Waals surface area contributed by atoms with Gasteiger partial charge in [-0.2, -0.15) is 5.10 Å². The van der Waals surface area contributed by atoms with Crippen LogP contribution in [0.15, 0.2) is 54.9 Å². The third kappa shape index (κ3) is 5.65. The van der Waals surface area contributed by atoms with Gasteiger partial charge in [-0.05, 0) is 55.8 Å². The highest BCUT2D eigenvalue weighted by Gasteiger charge is 2.29. The van der Waals surface area contributed by atoms with Crippen molar-refractivity contribution < 1.29 is 33.0 Å². The number of halogens is 2. The van der Waals surface area contributed by atoms with Gasteiger partial charge in [0.25, 0.3) is 0 Å². The number of esters is 1. The van der Waals surface area contributed by atoms with E-state index in [1.807, 2.05) is 0 Å². The van der Waals surface area contributed by atoms with E-state index in [0.29, 0.717) is 16.9 Å². The molecule has 0 atom stereocenters. The van der Waals surface area contributed by atoms with Crippen LogP contribution in [0.1, 0.15) is 35.3 Å². The predicted molar refractivity (Wildman–Crippen MR) is 106 cm³/mol. The molecule has 0 aliphatic rings. The van der Waals surface area contributed by atoms with Crippen LogP contribution in [0.2, 0.25) is 0 Å². The topological polar surface area (TPSA) is 90.7 Å². The summed E-state index contributed by atoms with van der Waals surface area (Å²) in [5.41, 5.74) is 0.0367. The Morgan fingerprint density at radius 2 is 1.77 bits per heavy atom. The van der Waals surface area contributed by atoms with Crippen molar-refractivity contribution in [3.8, 4) is 5.75 Å². The van der Waals surface area contributed by atoms with Crippen LogP contribution in [0.25, 0.3) is 0 Å². The van der Waals surface area contributed by atoms with E-state index in [4.69, 9.17) is 14.6 Å². The third-order valence-electron chi connectivity index (χ3n) is 4.36. The van der Waals surface area contributed by atoms with Gasteiger partial charge < -0.3 is 14.6 Å². The fourth-order valence-corrected chi connectivity index (χ4v) is 2.62. The lowest BCUT2D eigenvalue weighted by molar-refractivity contribution is -0.152. The summed E-state index contributed by atoms with van der Waals surface area (Å²) < 4.78 is 38.5. The minimum absolute atomic E-state index is 0.0269. The van der Waals surface area contributed by atoms with Crippen LogP contribution in [0, 0.1) is 11.6 Å². The molecule has 0 unspecified atom stereocenters. The molecule has 1 aromatic heterocycles. The van der Waals surface area contributed by atoms with Crippen LogP contribution in [0.5, 0.6) is 5.75 Å². The highest BCUT2D eigenvalue weighted by molar-refractivity contribution is 5.89. The molecule has 0 saturated carbocycles. The quantitative estimate of drug-likeness (QED) is 0.547. The van der Waals surface area contributed by atoms with Gasteiger partial charge in [0.1, 0.15) is 12.4 Å². The lowest BCUT2D eigenvalue weighted by atomic mass is 10.1. The van der Waals surface area contributed by atoms with Gasteiger partial charge in [-0.3, -0.25) is 4.68 Å². The summed E-state index contributed by atoms with van der Waals surface area (Å²) in [6.45, 7) is 3.05. The Balaban J connectivity index is 1.55. The van der Waals surface area contributed by atoms with E-state index in [1.54, 1.807) is 6.20 Å². The lowest BCUT2D eigenvalue weighted by Crippen LogP contribution is -2.37. The van der Waals surface area contributed by atoms with E-state index < -0.39 is 29.2 Å². The lowest BCUT2D eigenvalue weighted by Gasteiger charge is -2.21. The van der Waals surface area contributed by atoms with Crippen LogP contribution >= 0.6 is 0 Å². The minimum Gasteiger partial charge on any atom is -0.478 e. The maximum atomic E-state index is 13.3. The molecule has 0 spiro atoms. The molecule has 31 heavy (non-hydrogen) atoms. The summed E-state index contributed by atoms with van der Waals surface area (Å²) in [6.07, 6.45) is 3.15. The van der Waals surface area contributed by atoms with Gasteiger partial charge in [-0.15, -0.1) is 0 Å². The second-order valence-electron chi connectivity index (χ2n) is 7.31. The fourth-order valence-electron chi connectivity index (χ4n) is 2.62. The first-order chi connectivity index (χ1) is 14.6. The van der Waals surface area contributed by atoms with Crippen LogP contribution in [0.3, 0.4) is 0 Å². The summed E-state index contributed by atoms with van der Waals surface area (Å²) in [7, 11) is 0. The number of carboxylic acids is 1. The molecule has 2 aromatic carbocycles. The van der Waals surface area contributed by atoms with Crippen molar-refractivity contribution in [1.29, 1.82) is 0 Å². The fraction of sp³-hybridized carbons (Fsp3) is 0.227. The van der Waals surface area contributed by atoms with Gasteiger partial charge in [0.2, 0.25) is 0 Å². The van der Waals surface area contributed by atoms with Crippen molar-refractivity contribution in [3.63, 3.8) is 0 Å². The first-order valence-corrected chi connectivity index (χ1v) is 9.29. The number of hydrogen-bond acceptors (Lipinski definition) is 5. The van der Waals surface area contributed by atoms with Crippen molar-refractivity contribution in [2.24, 2.45) is 0 Å². The monoisotopic (exact) mass is 430 g/mol. The van der Waals surface area contributed by atoms with E-state index in [1.165, 1.54) is 55.1 Å². The van der Waals surface area contributed by atoms with Gasteiger partial charge in [-0.1, -0.05) is 6.07 Å². The van der Waals surface area contributed by atoms with Gasteiger partial charge in [0.15, 0.2) is 17.2 Å². The highest BCUT2D eigenvalue weighted by atomic mass is 19.2. The largest absolute Gasteiger partial charge is 0.478 e. The summed E-state index contributed by atoms with van der Waals surface area (Å²) >= 11 is 0. The number of carbonyl (C=O) groups excluding carboxylic acids is 1. The average Bonchev–Trinajstić information content (AvgIpc) is 3.16. The zero-order valence-electron chi connectivity index (χ0n) is 16.8. The number of nitrogens with zero attached hydrogens (tertiary/aromatic N) is 2. The molecule has 0 fully saturated rings. The van der Waals surface area contributed by atoms with Crippen molar-refractivity contribution >= 4 is 11.9 Å². The number of rotatable bonds is 8. The van der Waals surface area contributed by atoms with E-state index in [-0.39, 0.29) is 18.7 Å². The zero-order chi connectivity index (χ0) is 22.6. The van der Waals surface area contributed by atoms with Crippen LogP contribution in [-0.4, -0.2) is 32.4 Å². The first kappa shape index (κ1) is 21.9. The van der Waals surface area contributed by atoms with Gasteiger partial charge >= 0.3 is 11.9 Å². The zero-order valence-corrected chi connectivity index (χ0v) is 16.8. The SMILES string of the molecule is CC(C)(Oc1ccc(C(=O)OCc2cnn(Cc3ccc(F)c(F)c3)c2)cc1)C(=O)O. The molecule has 9 heteroatoms. The Morgan fingerprint density at radius 3 is 2.42 bits per heavy atom.